The number of hydrogen-bond donors (Lipinski definition) is 2. The zero-order valence-electron chi connectivity index (χ0n) is 13.5. The summed E-state index contributed by atoms with van der Waals surface area (Å²) >= 11 is 0. The van der Waals surface area contributed by atoms with Crippen molar-refractivity contribution in [2.75, 3.05) is 45.1 Å². The summed E-state index contributed by atoms with van der Waals surface area (Å²) in [6, 6.07) is 7.49. The molecule has 1 aliphatic heterocycles. The number of hydrogen-bond acceptors (Lipinski definition) is 4. The first-order valence-corrected chi connectivity index (χ1v) is 8.22. The molecule has 1 saturated carbocycles. The van der Waals surface area contributed by atoms with E-state index in [1.54, 1.807) is 12.1 Å². The average Bonchev–Trinajstić information content (AvgIpc) is 3.34. The standard InChI is InChI=1S/C17H24N4O2/c1-20-8-10-21(11-9-20)12-16(22)19-15-5-3-2-4-14(15)17(23)18-13-6-7-13/h2-5,13H,6-12H2,1H3,(H,18,23)(H,19,22). The third kappa shape index (κ3) is 4.53. The predicted molar refractivity (Wildman–Crippen MR) is 89.5 cm³/mol. The van der Waals surface area contributed by atoms with E-state index in [0.717, 1.165) is 39.0 Å². The van der Waals surface area contributed by atoms with E-state index in [0.29, 0.717) is 23.8 Å². The van der Waals surface area contributed by atoms with E-state index in [4.69, 9.17) is 0 Å². The lowest BCUT2D eigenvalue weighted by atomic mass is 10.1. The Hall–Kier alpha value is -1.92. The minimum absolute atomic E-state index is 0.0683. The molecule has 1 heterocycles. The van der Waals surface area contributed by atoms with E-state index in [1.807, 2.05) is 12.1 Å². The Bertz CT molecular complexity index is 578. The highest BCUT2D eigenvalue weighted by Gasteiger charge is 2.25. The van der Waals surface area contributed by atoms with Gasteiger partial charge in [0, 0.05) is 32.2 Å². The first-order valence-electron chi connectivity index (χ1n) is 8.22. The number of nitrogens with one attached hydrogen (secondary N) is 2. The quantitative estimate of drug-likeness (QED) is 0.842. The van der Waals surface area contributed by atoms with E-state index >= 15 is 0 Å². The highest BCUT2D eigenvalue weighted by molar-refractivity contribution is 6.04. The van der Waals surface area contributed by atoms with E-state index in [2.05, 4.69) is 27.5 Å². The van der Waals surface area contributed by atoms with Crippen LogP contribution in [0.25, 0.3) is 0 Å². The molecular weight excluding hydrogens is 292 g/mol. The molecule has 3 rings (SSSR count). The van der Waals surface area contributed by atoms with Crippen LogP contribution in [0.4, 0.5) is 5.69 Å². The zero-order valence-corrected chi connectivity index (χ0v) is 13.5. The van der Waals surface area contributed by atoms with Crippen molar-refractivity contribution < 1.29 is 9.59 Å². The van der Waals surface area contributed by atoms with Crippen molar-refractivity contribution in [2.24, 2.45) is 0 Å². The molecule has 0 aromatic heterocycles. The summed E-state index contributed by atoms with van der Waals surface area (Å²) in [6.45, 7) is 4.12. The minimum Gasteiger partial charge on any atom is -0.349 e. The Labute approximate surface area is 136 Å². The number of nitrogens with zero attached hydrogens (tertiary/aromatic N) is 2. The van der Waals surface area contributed by atoms with E-state index in [9.17, 15) is 9.59 Å². The molecule has 1 aromatic rings. The van der Waals surface area contributed by atoms with E-state index in [1.165, 1.54) is 0 Å². The van der Waals surface area contributed by atoms with Gasteiger partial charge in [-0.15, -0.1) is 0 Å². The summed E-state index contributed by atoms with van der Waals surface area (Å²) in [5, 5.41) is 5.85. The van der Waals surface area contributed by atoms with Gasteiger partial charge in [-0.1, -0.05) is 12.1 Å². The third-order valence-electron chi connectivity index (χ3n) is 4.32. The van der Waals surface area contributed by atoms with Gasteiger partial charge in [0.15, 0.2) is 0 Å². The van der Waals surface area contributed by atoms with Crippen molar-refractivity contribution in [3.63, 3.8) is 0 Å². The Morgan fingerprint density at radius 2 is 1.83 bits per heavy atom. The van der Waals surface area contributed by atoms with Crippen LogP contribution in [-0.2, 0) is 4.79 Å². The number of piperazine rings is 1. The smallest absolute Gasteiger partial charge is 0.253 e. The van der Waals surface area contributed by atoms with Crippen molar-refractivity contribution in [2.45, 2.75) is 18.9 Å². The number of likely N-dealkylation sites (N-methyl/N-ethyl adjacent to an activating group) is 1. The van der Waals surface area contributed by atoms with Crippen molar-refractivity contribution in [1.29, 1.82) is 0 Å². The van der Waals surface area contributed by atoms with Crippen molar-refractivity contribution in [3.05, 3.63) is 29.8 Å². The maximum absolute atomic E-state index is 12.3. The number of para-hydroxylation sites is 1. The Morgan fingerprint density at radius 3 is 2.52 bits per heavy atom. The topological polar surface area (TPSA) is 64.7 Å². The second-order valence-electron chi connectivity index (χ2n) is 6.42. The molecule has 23 heavy (non-hydrogen) atoms. The maximum atomic E-state index is 12.3. The molecular formula is C17H24N4O2. The van der Waals surface area contributed by atoms with Crippen LogP contribution in [-0.4, -0.2) is 67.4 Å². The molecule has 0 bridgehead atoms. The SMILES string of the molecule is CN1CCN(CC(=O)Nc2ccccc2C(=O)NC2CC2)CC1. The summed E-state index contributed by atoms with van der Waals surface area (Å²) in [5.74, 6) is -0.177. The molecule has 0 unspecified atom stereocenters. The zero-order chi connectivity index (χ0) is 16.2. The van der Waals surface area contributed by atoms with Gasteiger partial charge < -0.3 is 15.5 Å². The van der Waals surface area contributed by atoms with Gasteiger partial charge in [0.25, 0.3) is 5.91 Å². The summed E-state index contributed by atoms with van der Waals surface area (Å²) in [7, 11) is 2.09. The van der Waals surface area contributed by atoms with Gasteiger partial charge in [-0.25, -0.2) is 0 Å². The van der Waals surface area contributed by atoms with E-state index < -0.39 is 0 Å². The lowest BCUT2D eigenvalue weighted by Crippen LogP contribution is -2.47. The molecule has 0 radical (unpaired) electrons. The van der Waals surface area contributed by atoms with Gasteiger partial charge in [0.05, 0.1) is 17.8 Å². The molecule has 124 valence electrons. The number of carbonyl (C=O) groups excluding carboxylic acids is 2. The Balaban J connectivity index is 1.58. The van der Waals surface area contributed by atoms with Gasteiger partial charge in [-0.05, 0) is 32.0 Å². The Morgan fingerprint density at radius 1 is 1.13 bits per heavy atom. The van der Waals surface area contributed by atoms with Crippen molar-refractivity contribution >= 4 is 17.5 Å². The fraction of sp³-hybridized carbons (Fsp3) is 0.529. The molecule has 1 saturated heterocycles. The fourth-order valence-electron chi connectivity index (χ4n) is 2.68. The van der Waals surface area contributed by atoms with Gasteiger partial charge in [-0.3, -0.25) is 14.5 Å². The molecule has 6 heteroatoms. The third-order valence-corrected chi connectivity index (χ3v) is 4.32. The van der Waals surface area contributed by atoms with Gasteiger partial charge in [0.1, 0.15) is 0 Å². The highest BCUT2D eigenvalue weighted by atomic mass is 16.2. The van der Waals surface area contributed by atoms with Crippen molar-refractivity contribution in [1.82, 2.24) is 15.1 Å². The fourth-order valence-corrected chi connectivity index (χ4v) is 2.68. The molecule has 1 aliphatic carbocycles. The van der Waals surface area contributed by atoms with Crippen LogP contribution >= 0.6 is 0 Å². The van der Waals surface area contributed by atoms with Gasteiger partial charge in [-0.2, -0.15) is 0 Å². The maximum Gasteiger partial charge on any atom is 0.253 e. The van der Waals surface area contributed by atoms with Crippen LogP contribution in [0.5, 0.6) is 0 Å². The van der Waals surface area contributed by atoms with Crippen LogP contribution in [0, 0.1) is 0 Å². The first-order chi connectivity index (χ1) is 11.1. The van der Waals surface area contributed by atoms with Crippen LogP contribution in [0.1, 0.15) is 23.2 Å². The molecule has 6 nitrogen and oxygen atoms in total. The normalized spacial score (nSPS) is 19.3. The molecule has 2 aliphatic rings. The molecule has 2 fully saturated rings. The number of carbonyl (C=O) groups is 2. The predicted octanol–water partition coefficient (Wildman–Crippen LogP) is 0.765. The number of amides is 2. The van der Waals surface area contributed by atoms with E-state index in [-0.39, 0.29) is 11.8 Å². The lowest BCUT2D eigenvalue weighted by molar-refractivity contribution is -0.117. The summed E-state index contributed by atoms with van der Waals surface area (Å²) < 4.78 is 0. The number of rotatable bonds is 5. The van der Waals surface area contributed by atoms with Crippen LogP contribution in [0.3, 0.4) is 0 Å². The van der Waals surface area contributed by atoms with Crippen LogP contribution in [0.15, 0.2) is 24.3 Å². The average molecular weight is 316 g/mol. The van der Waals surface area contributed by atoms with Crippen molar-refractivity contribution in [3.8, 4) is 0 Å². The van der Waals surface area contributed by atoms with Gasteiger partial charge in [0.2, 0.25) is 5.91 Å². The molecule has 2 N–H and O–H groups in total. The summed E-state index contributed by atoms with van der Waals surface area (Å²) in [5.41, 5.74) is 1.12. The van der Waals surface area contributed by atoms with Crippen LogP contribution < -0.4 is 10.6 Å². The highest BCUT2D eigenvalue weighted by Crippen LogP contribution is 2.21. The number of benzene rings is 1. The van der Waals surface area contributed by atoms with Crippen LogP contribution in [0.2, 0.25) is 0 Å². The molecule has 0 atom stereocenters. The summed E-state index contributed by atoms with van der Waals surface area (Å²) in [6.07, 6.45) is 2.09. The summed E-state index contributed by atoms with van der Waals surface area (Å²) in [4.78, 5) is 28.9. The largest absolute Gasteiger partial charge is 0.349 e. The first kappa shape index (κ1) is 16.0. The second kappa shape index (κ2) is 7.10. The number of anilines is 1. The minimum atomic E-state index is -0.108. The lowest BCUT2D eigenvalue weighted by Gasteiger charge is -2.31. The second-order valence-corrected chi connectivity index (χ2v) is 6.42. The Kier molecular flexibility index (Phi) is 4.93. The van der Waals surface area contributed by atoms with Gasteiger partial charge >= 0.3 is 0 Å². The molecule has 1 aromatic carbocycles. The molecule has 2 amide bonds. The monoisotopic (exact) mass is 316 g/mol. The molecule has 0 spiro atoms.